The van der Waals surface area contributed by atoms with Crippen molar-refractivity contribution < 1.29 is 21.9 Å². The third-order valence-corrected chi connectivity index (χ3v) is 4.65. The van der Waals surface area contributed by atoms with E-state index in [9.17, 15) is 13.2 Å². The molecule has 136 valence electrons. The number of nitrogens with one attached hydrogen (secondary N) is 1. The quantitative estimate of drug-likeness (QED) is 0.485. The van der Waals surface area contributed by atoms with Crippen LogP contribution in [-0.2, 0) is 14.3 Å². The molecular formula is C16H15N3O6S. The van der Waals surface area contributed by atoms with Gasteiger partial charge in [0.2, 0.25) is 5.82 Å². The Morgan fingerprint density at radius 3 is 2.50 bits per heavy atom. The third kappa shape index (κ3) is 4.35. The van der Waals surface area contributed by atoms with Gasteiger partial charge in [-0.2, -0.15) is 8.42 Å². The van der Waals surface area contributed by atoms with Gasteiger partial charge in [0.1, 0.15) is 24.7 Å². The number of hydrogen-bond donors (Lipinski definition) is 1. The van der Waals surface area contributed by atoms with Crippen molar-refractivity contribution in [2.75, 3.05) is 13.2 Å². The fraction of sp³-hybridized carbons (Fsp3) is 0.188. The standard InChI is InChI=1S/C16H15N3O6S/c1-11-2-5-13(6-3-11)26(21,22)24-9-8-23-12-4-7-14(17-10-12)15-18-16(20)25-19-15/h2-7,10H,8-9H2,1H3,(H,18,19,20). The fourth-order valence-electron chi connectivity index (χ4n) is 2.02. The number of rotatable bonds is 7. The van der Waals surface area contributed by atoms with Crippen LogP contribution in [0.25, 0.3) is 11.5 Å². The molecule has 1 aromatic carbocycles. The Kier molecular flexibility index (Phi) is 5.14. The number of hydrogen-bond acceptors (Lipinski definition) is 8. The third-order valence-electron chi connectivity index (χ3n) is 3.32. The van der Waals surface area contributed by atoms with E-state index in [4.69, 9.17) is 8.92 Å². The molecule has 3 aromatic rings. The van der Waals surface area contributed by atoms with Crippen LogP contribution < -0.4 is 10.5 Å². The van der Waals surface area contributed by atoms with E-state index in [1.165, 1.54) is 18.3 Å². The molecule has 26 heavy (non-hydrogen) atoms. The molecule has 9 nitrogen and oxygen atoms in total. The van der Waals surface area contributed by atoms with Crippen LogP contribution in [-0.4, -0.2) is 36.8 Å². The van der Waals surface area contributed by atoms with Gasteiger partial charge < -0.3 is 4.74 Å². The highest BCUT2D eigenvalue weighted by Gasteiger charge is 2.14. The summed E-state index contributed by atoms with van der Waals surface area (Å²) in [5.41, 5.74) is 1.36. The average molecular weight is 377 g/mol. The van der Waals surface area contributed by atoms with Crippen molar-refractivity contribution in [2.24, 2.45) is 0 Å². The number of H-pyrrole nitrogens is 1. The summed E-state index contributed by atoms with van der Waals surface area (Å²) < 4.78 is 38.8. The molecule has 0 saturated carbocycles. The van der Waals surface area contributed by atoms with Crippen LogP contribution in [0.5, 0.6) is 5.75 Å². The number of aromatic amines is 1. The van der Waals surface area contributed by atoms with Gasteiger partial charge in [0.15, 0.2) is 0 Å². The van der Waals surface area contributed by atoms with E-state index in [1.54, 1.807) is 24.3 Å². The molecule has 0 aliphatic rings. The van der Waals surface area contributed by atoms with Gasteiger partial charge >= 0.3 is 5.76 Å². The topological polar surface area (TPSA) is 124 Å². The number of aromatic nitrogens is 3. The molecule has 10 heteroatoms. The minimum Gasteiger partial charge on any atom is -0.490 e. The monoisotopic (exact) mass is 377 g/mol. The smallest absolute Gasteiger partial charge is 0.439 e. The molecule has 3 rings (SSSR count). The molecule has 0 aliphatic heterocycles. The van der Waals surface area contributed by atoms with Crippen LogP contribution in [0.1, 0.15) is 5.56 Å². The number of pyridine rings is 1. The largest absolute Gasteiger partial charge is 0.490 e. The highest BCUT2D eigenvalue weighted by molar-refractivity contribution is 7.86. The van der Waals surface area contributed by atoms with Crippen molar-refractivity contribution in [3.8, 4) is 17.3 Å². The molecule has 2 aromatic heterocycles. The summed E-state index contributed by atoms with van der Waals surface area (Å²) in [6.07, 6.45) is 1.41. The molecule has 2 heterocycles. The van der Waals surface area contributed by atoms with Crippen LogP contribution in [0.4, 0.5) is 0 Å². The first-order valence-electron chi connectivity index (χ1n) is 7.55. The Labute approximate surface area is 148 Å². The van der Waals surface area contributed by atoms with Crippen molar-refractivity contribution in [3.63, 3.8) is 0 Å². The first kappa shape index (κ1) is 17.8. The SMILES string of the molecule is Cc1ccc(S(=O)(=O)OCCOc2ccc(-c3noc(=O)[nH]3)nc2)cc1. The van der Waals surface area contributed by atoms with Gasteiger partial charge in [-0.25, -0.2) is 9.78 Å². The van der Waals surface area contributed by atoms with Gasteiger partial charge in [0.25, 0.3) is 10.1 Å². The zero-order chi connectivity index (χ0) is 18.6. The number of benzene rings is 1. The summed E-state index contributed by atoms with van der Waals surface area (Å²) in [6.45, 7) is 1.74. The second-order valence-electron chi connectivity index (χ2n) is 5.26. The Morgan fingerprint density at radius 1 is 1.12 bits per heavy atom. The Morgan fingerprint density at radius 2 is 1.88 bits per heavy atom. The summed E-state index contributed by atoms with van der Waals surface area (Å²) in [5, 5.41) is 3.52. The fourth-order valence-corrected chi connectivity index (χ4v) is 2.92. The van der Waals surface area contributed by atoms with Crippen LogP contribution in [0.15, 0.2) is 56.8 Å². The highest BCUT2D eigenvalue weighted by Crippen LogP contribution is 2.16. The molecule has 0 amide bonds. The van der Waals surface area contributed by atoms with Crippen molar-refractivity contribution >= 4 is 10.1 Å². The number of ether oxygens (including phenoxy) is 1. The Hall–Kier alpha value is -2.98. The molecule has 0 aliphatic carbocycles. The lowest BCUT2D eigenvalue weighted by molar-refractivity contribution is 0.220. The molecule has 0 atom stereocenters. The summed E-state index contributed by atoms with van der Waals surface area (Å²) in [7, 11) is -3.82. The molecule has 0 spiro atoms. The second kappa shape index (κ2) is 7.50. The minimum atomic E-state index is -3.82. The first-order chi connectivity index (χ1) is 12.4. The predicted octanol–water partition coefficient (Wildman–Crippen LogP) is 1.52. The van der Waals surface area contributed by atoms with Gasteiger partial charge in [-0.05, 0) is 31.2 Å². The van der Waals surface area contributed by atoms with Gasteiger partial charge in [0, 0.05) is 0 Å². The van der Waals surface area contributed by atoms with Crippen LogP contribution in [0, 0.1) is 6.92 Å². The predicted molar refractivity (Wildman–Crippen MR) is 90.2 cm³/mol. The summed E-state index contributed by atoms with van der Waals surface area (Å²) in [6, 6.07) is 9.55. The van der Waals surface area contributed by atoms with Gasteiger partial charge in [-0.15, -0.1) is 0 Å². The first-order valence-corrected chi connectivity index (χ1v) is 8.96. The normalized spacial score (nSPS) is 11.4. The van der Waals surface area contributed by atoms with E-state index in [-0.39, 0.29) is 23.9 Å². The van der Waals surface area contributed by atoms with Gasteiger partial charge in [0.05, 0.1) is 11.1 Å². The summed E-state index contributed by atoms with van der Waals surface area (Å²) in [4.78, 5) is 17.4. The number of nitrogens with zero attached hydrogens (tertiary/aromatic N) is 2. The van der Waals surface area contributed by atoms with E-state index in [0.717, 1.165) is 5.56 Å². The second-order valence-corrected chi connectivity index (χ2v) is 6.88. The van der Waals surface area contributed by atoms with Gasteiger partial charge in [-0.3, -0.25) is 13.7 Å². The highest BCUT2D eigenvalue weighted by atomic mass is 32.2. The molecular weight excluding hydrogens is 362 g/mol. The zero-order valence-corrected chi connectivity index (χ0v) is 14.5. The van der Waals surface area contributed by atoms with Crippen LogP contribution in [0.2, 0.25) is 0 Å². The maximum Gasteiger partial charge on any atom is 0.439 e. The molecule has 0 fully saturated rings. The maximum atomic E-state index is 12.0. The minimum absolute atomic E-state index is 0.0207. The van der Waals surface area contributed by atoms with Crippen molar-refractivity contribution in [2.45, 2.75) is 11.8 Å². The molecule has 0 bridgehead atoms. The van der Waals surface area contributed by atoms with Crippen LogP contribution >= 0.6 is 0 Å². The maximum absolute atomic E-state index is 12.0. The van der Waals surface area contributed by atoms with Crippen LogP contribution in [0.3, 0.4) is 0 Å². The Balaban J connectivity index is 1.52. The Bertz CT molecular complexity index is 1020. The van der Waals surface area contributed by atoms with E-state index in [0.29, 0.717) is 11.4 Å². The molecule has 0 radical (unpaired) electrons. The summed E-state index contributed by atoms with van der Waals surface area (Å²) in [5.74, 6) is -0.0564. The van der Waals surface area contributed by atoms with E-state index >= 15 is 0 Å². The molecule has 0 saturated heterocycles. The lowest BCUT2D eigenvalue weighted by atomic mass is 10.2. The van der Waals surface area contributed by atoms with E-state index < -0.39 is 15.9 Å². The van der Waals surface area contributed by atoms with Crippen molar-refractivity contribution in [1.29, 1.82) is 0 Å². The molecule has 1 N–H and O–H groups in total. The van der Waals surface area contributed by atoms with Crippen molar-refractivity contribution in [3.05, 3.63) is 58.7 Å². The van der Waals surface area contributed by atoms with E-state index in [2.05, 4.69) is 19.6 Å². The average Bonchev–Trinajstić information content (AvgIpc) is 3.06. The lowest BCUT2D eigenvalue weighted by Gasteiger charge is -2.08. The number of aryl methyl sites for hydroxylation is 1. The van der Waals surface area contributed by atoms with E-state index in [1.807, 2.05) is 6.92 Å². The van der Waals surface area contributed by atoms with Crippen molar-refractivity contribution in [1.82, 2.24) is 15.1 Å². The lowest BCUT2D eigenvalue weighted by Crippen LogP contribution is -2.13. The molecule has 0 unspecified atom stereocenters. The van der Waals surface area contributed by atoms with Gasteiger partial charge in [-0.1, -0.05) is 22.9 Å². The summed E-state index contributed by atoms with van der Waals surface area (Å²) >= 11 is 0. The zero-order valence-electron chi connectivity index (χ0n) is 13.7.